The SMILES string of the molecule is CSCCCCCCCCCCCN. The van der Waals surface area contributed by atoms with Crippen LogP contribution in [-0.4, -0.2) is 18.6 Å². The molecule has 0 amide bonds. The predicted molar refractivity (Wildman–Crippen MR) is 69.0 cm³/mol. The van der Waals surface area contributed by atoms with E-state index < -0.39 is 0 Å². The maximum absolute atomic E-state index is 5.44. The summed E-state index contributed by atoms with van der Waals surface area (Å²) in [6.45, 7) is 0.870. The Morgan fingerprint density at radius 1 is 0.714 bits per heavy atom. The molecule has 0 spiro atoms. The average molecular weight is 217 g/mol. The van der Waals surface area contributed by atoms with Crippen LogP contribution in [0.2, 0.25) is 0 Å². The van der Waals surface area contributed by atoms with E-state index in [4.69, 9.17) is 5.73 Å². The third-order valence-corrected chi connectivity index (χ3v) is 3.25. The largest absolute Gasteiger partial charge is 0.330 e. The zero-order valence-electron chi connectivity index (χ0n) is 9.76. The molecular formula is C12H27NS. The number of rotatable bonds is 11. The van der Waals surface area contributed by atoms with Crippen molar-refractivity contribution in [1.82, 2.24) is 0 Å². The highest BCUT2D eigenvalue weighted by Gasteiger charge is 1.91. The van der Waals surface area contributed by atoms with Crippen LogP contribution in [0.15, 0.2) is 0 Å². The van der Waals surface area contributed by atoms with Gasteiger partial charge in [-0.05, 0) is 31.4 Å². The average Bonchev–Trinajstić information content (AvgIpc) is 2.21. The highest BCUT2D eigenvalue weighted by molar-refractivity contribution is 7.98. The van der Waals surface area contributed by atoms with Crippen molar-refractivity contribution in [2.75, 3.05) is 18.6 Å². The van der Waals surface area contributed by atoms with Crippen LogP contribution >= 0.6 is 11.8 Å². The van der Waals surface area contributed by atoms with E-state index in [9.17, 15) is 0 Å². The van der Waals surface area contributed by atoms with Gasteiger partial charge in [-0.25, -0.2) is 0 Å². The number of unbranched alkanes of at least 4 members (excludes halogenated alkanes) is 8. The summed E-state index contributed by atoms with van der Waals surface area (Å²) >= 11 is 1.97. The molecule has 0 aliphatic carbocycles. The Morgan fingerprint density at radius 3 is 1.57 bits per heavy atom. The van der Waals surface area contributed by atoms with E-state index in [1.54, 1.807) is 0 Å². The monoisotopic (exact) mass is 217 g/mol. The van der Waals surface area contributed by atoms with Crippen LogP contribution in [0.5, 0.6) is 0 Å². The lowest BCUT2D eigenvalue weighted by Crippen LogP contribution is -1.97. The van der Waals surface area contributed by atoms with E-state index in [1.807, 2.05) is 11.8 Å². The molecule has 0 aromatic carbocycles. The van der Waals surface area contributed by atoms with Gasteiger partial charge in [0.05, 0.1) is 0 Å². The third kappa shape index (κ3) is 12.3. The summed E-state index contributed by atoms with van der Waals surface area (Å²) in [6.07, 6.45) is 14.7. The second kappa shape index (κ2) is 13.3. The van der Waals surface area contributed by atoms with Gasteiger partial charge in [0.1, 0.15) is 0 Å². The van der Waals surface area contributed by atoms with Crippen molar-refractivity contribution in [3.8, 4) is 0 Å². The van der Waals surface area contributed by atoms with Crippen molar-refractivity contribution in [2.45, 2.75) is 57.8 Å². The quantitative estimate of drug-likeness (QED) is 0.532. The van der Waals surface area contributed by atoms with Crippen LogP contribution in [0.1, 0.15) is 57.8 Å². The van der Waals surface area contributed by atoms with Gasteiger partial charge in [-0.15, -0.1) is 0 Å². The summed E-state index contributed by atoms with van der Waals surface area (Å²) in [7, 11) is 0. The Hall–Kier alpha value is 0.310. The summed E-state index contributed by atoms with van der Waals surface area (Å²) < 4.78 is 0. The second-order valence-electron chi connectivity index (χ2n) is 3.96. The molecule has 0 aromatic rings. The maximum atomic E-state index is 5.44. The topological polar surface area (TPSA) is 26.0 Å². The zero-order valence-corrected chi connectivity index (χ0v) is 10.6. The summed E-state index contributed by atoms with van der Waals surface area (Å²) in [6, 6.07) is 0. The Bertz CT molecular complexity index is 84.3. The van der Waals surface area contributed by atoms with Crippen molar-refractivity contribution in [1.29, 1.82) is 0 Å². The van der Waals surface area contributed by atoms with Gasteiger partial charge < -0.3 is 5.73 Å². The van der Waals surface area contributed by atoms with Crippen LogP contribution in [0.3, 0.4) is 0 Å². The molecule has 86 valence electrons. The minimum Gasteiger partial charge on any atom is -0.330 e. The third-order valence-electron chi connectivity index (χ3n) is 2.55. The normalized spacial score (nSPS) is 10.7. The van der Waals surface area contributed by atoms with Crippen molar-refractivity contribution in [2.24, 2.45) is 5.73 Å². The van der Waals surface area contributed by atoms with Gasteiger partial charge in [0.25, 0.3) is 0 Å². The number of nitrogens with two attached hydrogens (primary N) is 1. The lowest BCUT2D eigenvalue weighted by Gasteiger charge is -2.01. The molecule has 0 atom stereocenters. The first-order chi connectivity index (χ1) is 6.91. The standard InChI is InChI=1S/C12H27NS/c1-14-12-10-8-6-4-2-3-5-7-9-11-13/h2-13H2,1H3. The van der Waals surface area contributed by atoms with Gasteiger partial charge in [0, 0.05) is 0 Å². The Labute approximate surface area is 94.2 Å². The molecule has 0 radical (unpaired) electrons. The molecule has 0 unspecified atom stereocenters. The van der Waals surface area contributed by atoms with Gasteiger partial charge in [-0.2, -0.15) is 11.8 Å². The number of thioether (sulfide) groups is 1. The van der Waals surface area contributed by atoms with Crippen molar-refractivity contribution in [3.05, 3.63) is 0 Å². The molecule has 0 heterocycles. The molecule has 0 fully saturated rings. The zero-order chi connectivity index (χ0) is 10.5. The first-order valence-electron chi connectivity index (χ1n) is 6.11. The fourth-order valence-electron chi connectivity index (χ4n) is 1.63. The van der Waals surface area contributed by atoms with Gasteiger partial charge in [-0.3, -0.25) is 0 Å². The molecular weight excluding hydrogens is 190 g/mol. The summed E-state index contributed by atoms with van der Waals surface area (Å²) in [4.78, 5) is 0. The molecule has 14 heavy (non-hydrogen) atoms. The first-order valence-corrected chi connectivity index (χ1v) is 7.50. The van der Waals surface area contributed by atoms with Crippen molar-refractivity contribution < 1.29 is 0 Å². The highest BCUT2D eigenvalue weighted by Crippen LogP contribution is 2.10. The van der Waals surface area contributed by atoms with Crippen LogP contribution in [0.4, 0.5) is 0 Å². The van der Waals surface area contributed by atoms with E-state index in [0.29, 0.717) is 0 Å². The summed E-state index contributed by atoms with van der Waals surface area (Å²) in [5.74, 6) is 1.34. The molecule has 1 nitrogen and oxygen atoms in total. The molecule has 0 aliphatic rings. The Morgan fingerprint density at radius 2 is 1.14 bits per heavy atom. The molecule has 0 saturated carbocycles. The van der Waals surface area contributed by atoms with Gasteiger partial charge >= 0.3 is 0 Å². The van der Waals surface area contributed by atoms with E-state index in [0.717, 1.165) is 6.54 Å². The molecule has 0 aliphatic heterocycles. The van der Waals surface area contributed by atoms with Crippen molar-refractivity contribution in [3.63, 3.8) is 0 Å². The maximum Gasteiger partial charge on any atom is -0.00703 e. The van der Waals surface area contributed by atoms with Gasteiger partial charge in [0.15, 0.2) is 0 Å². The Kier molecular flexibility index (Phi) is 13.6. The van der Waals surface area contributed by atoms with Crippen LogP contribution < -0.4 is 5.73 Å². The smallest absolute Gasteiger partial charge is 0.00703 e. The number of hydrogen-bond donors (Lipinski definition) is 1. The van der Waals surface area contributed by atoms with Crippen LogP contribution in [0, 0.1) is 0 Å². The second-order valence-corrected chi connectivity index (χ2v) is 4.95. The fourth-order valence-corrected chi connectivity index (χ4v) is 2.12. The molecule has 2 heteroatoms. The van der Waals surface area contributed by atoms with E-state index in [1.165, 1.54) is 63.5 Å². The van der Waals surface area contributed by atoms with Gasteiger partial charge in [-0.1, -0.05) is 44.9 Å². The van der Waals surface area contributed by atoms with Crippen molar-refractivity contribution >= 4 is 11.8 Å². The Balaban J connectivity index is 2.78. The lowest BCUT2D eigenvalue weighted by molar-refractivity contribution is 0.568. The molecule has 2 N–H and O–H groups in total. The molecule has 0 bridgehead atoms. The summed E-state index contributed by atoms with van der Waals surface area (Å²) in [5, 5.41) is 0. The van der Waals surface area contributed by atoms with E-state index in [2.05, 4.69) is 6.26 Å². The lowest BCUT2D eigenvalue weighted by atomic mass is 10.1. The molecule has 0 saturated heterocycles. The highest BCUT2D eigenvalue weighted by atomic mass is 32.2. The van der Waals surface area contributed by atoms with Gasteiger partial charge in [0.2, 0.25) is 0 Å². The molecule has 0 rings (SSSR count). The van der Waals surface area contributed by atoms with Crippen LogP contribution in [0.25, 0.3) is 0 Å². The summed E-state index contributed by atoms with van der Waals surface area (Å²) in [5.41, 5.74) is 5.44. The van der Waals surface area contributed by atoms with Crippen LogP contribution in [-0.2, 0) is 0 Å². The first kappa shape index (κ1) is 14.3. The van der Waals surface area contributed by atoms with E-state index >= 15 is 0 Å². The fraction of sp³-hybridized carbons (Fsp3) is 1.00. The molecule has 0 aromatic heterocycles. The minimum absolute atomic E-state index is 0.870. The predicted octanol–water partition coefficient (Wildman–Crippen LogP) is 3.82. The van der Waals surface area contributed by atoms with E-state index in [-0.39, 0.29) is 0 Å². The minimum atomic E-state index is 0.870. The number of hydrogen-bond acceptors (Lipinski definition) is 2.